The topological polar surface area (TPSA) is 29.1 Å². The minimum atomic E-state index is -4.79. The maximum atomic E-state index is 11.4. The largest absolute Gasteiger partial charge is 0.471 e. The number of carbonyl (C=O) groups is 1. The molecular weight excluding hydrogens is 215 g/mol. The normalized spacial score (nSPS) is 14.5. The van der Waals surface area contributed by atoms with Crippen molar-refractivity contribution in [3.8, 4) is 0 Å². The smallest absolute Gasteiger partial charge is 0.336 e. The molecule has 0 aromatic heterocycles. The average Bonchev–Trinajstić information content (AvgIpc) is 1.60. The Morgan fingerprint density at radius 1 is 1.60 bits per heavy atom. The first-order valence-electron chi connectivity index (χ1n) is 2.36. The zero-order valence-electron chi connectivity index (χ0n) is 5.00. The van der Waals surface area contributed by atoms with E-state index < -0.39 is 17.0 Å². The molecule has 1 unspecified atom stereocenters. The molecule has 0 aromatic rings. The van der Waals surface area contributed by atoms with Crippen molar-refractivity contribution in [3.63, 3.8) is 0 Å². The molecule has 1 amide bonds. The summed E-state index contributed by atoms with van der Waals surface area (Å²) in [6.07, 6.45) is -4.79. The molecule has 0 saturated heterocycles. The number of hydrogen-bond donors (Lipinski definition) is 1. The third-order valence-corrected chi connectivity index (χ3v) is 0.816. The Morgan fingerprint density at radius 2 is 2.00 bits per heavy atom. The maximum absolute atomic E-state index is 11.4. The zero-order chi connectivity index (χ0) is 8.36. The van der Waals surface area contributed by atoms with Crippen LogP contribution in [0.5, 0.6) is 0 Å². The first kappa shape index (κ1) is 9.74. The summed E-state index contributed by atoms with van der Waals surface area (Å²) in [4.78, 5) is 9.34. The number of carbonyl (C=O) groups excluding carboxylic acids is 1. The number of rotatable bonds is 1. The van der Waals surface area contributed by atoms with Crippen LogP contribution in [0.4, 0.5) is 13.2 Å². The Bertz CT molecular complexity index is 133. The van der Waals surface area contributed by atoms with Gasteiger partial charge in [-0.05, 0) is 6.92 Å². The predicted octanol–water partition coefficient (Wildman–Crippen LogP) is 1.41. The SMILES string of the molecule is CC(Br)NC(=O)C(F)(F)F. The number of halogens is 4. The van der Waals surface area contributed by atoms with Crippen molar-refractivity contribution in [3.05, 3.63) is 0 Å². The molecule has 0 fully saturated rings. The van der Waals surface area contributed by atoms with Crippen molar-refractivity contribution < 1.29 is 18.0 Å². The van der Waals surface area contributed by atoms with E-state index in [-0.39, 0.29) is 0 Å². The van der Waals surface area contributed by atoms with Crippen LogP contribution >= 0.6 is 15.9 Å². The van der Waals surface area contributed by atoms with Crippen molar-refractivity contribution in [2.45, 2.75) is 18.1 Å². The van der Waals surface area contributed by atoms with E-state index in [1.807, 2.05) is 0 Å². The lowest BCUT2D eigenvalue weighted by atomic mass is 10.6. The van der Waals surface area contributed by atoms with Gasteiger partial charge in [-0.2, -0.15) is 13.2 Å². The van der Waals surface area contributed by atoms with Crippen molar-refractivity contribution in [2.24, 2.45) is 0 Å². The summed E-state index contributed by atoms with van der Waals surface area (Å²) < 4.78 is 34.1. The van der Waals surface area contributed by atoms with Gasteiger partial charge in [-0.3, -0.25) is 4.79 Å². The average molecular weight is 220 g/mol. The van der Waals surface area contributed by atoms with Gasteiger partial charge in [0.25, 0.3) is 0 Å². The van der Waals surface area contributed by atoms with Gasteiger partial charge in [0.05, 0.1) is 4.95 Å². The first-order valence-corrected chi connectivity index (χ1v) is 3.27. The highest BCUT2D eigenvalue weighted by molar-refractivity contribution is 9.09. The van der Waals surface area contributed by atoms with Crippen LogP contribution in [0.3, 0.4) is 0 Å². The highest BCUT2D eigenvalue weighted by Gasteiger charge is 2.38. The zero-order valence-corrected chi connectivity index (χ0v) is 6.58. The molecule has 0 aliphatic carbocycles. The molecule has 0 rings (SSSR count). The van der Waals surface area contributed by atoms with Gasteiger partial charge in [-0.15, -0.1) is 0 Å². The molecule has 0 aliphatic rings. The third kappa shape index (κ3) is 3.71. The van der Waals surface area contributed by atoms with Crippen molar-refractivity contribution in [1.29, 1.82) is 0 Å². The monoisotopic (exact) mass is 219 g/mol. The minimum Gasteiger partial charge on any atom is -0.336 e. The summed E-state index contributed by atoms with van der Waals surface area (Å²) in [7, 11) is 0. The standard InChI is InChI=1S/C4H5BrF3NO/c1-2(5)9-3(10)4(6,7)8/h2H,1H3,(H,9,10). The van der Waals surface area contributed by atoms with E-state index in [0.717, 1.165) is 0 Å². The summed E-state index contributed by atoms with van der Waals surface area (Å²) in [5, 5.41) is 1.64. The van der Waals surface area contributed by atoms with Crippen LogP contribution in [-0.2, 0) is 4.79 Å². The summed E-state index contributed by atoms with van der Waals surface area (Å²) in [6.45, 7) is 1.38. The molecule has 1 atom stereocenters. The van der Waals surface area contributed by atoms with Crippen LogP contribution in [0.1, 0.15) is 6.92 Å². The number of amides is 1. The molecule has 6 heteroatoms. The van der Waals surface area contributed by atoms with E-state index in [2.05, 4.69) is 15.9 Å². The number of alkyl halides is 4. The molecule has 0 aliphatic heterocycles. The van der Waals surface area contributed by atoms with Crippen LogP contribution in [0.15, 0.2) is 0 Å². The van der Waals surface area contributed by atoms with Gasteiger partial charge in [0.1, 0.15) is 0 Å². The molecule has 1 N–H and O–H groups in total. The van der Waals surface area contributed by atoms with Gasteiger partial charge in [0, 0.05) is 0 Å². The maximum Gasteiger partial charge on any atom is 0.471 e. The fourth-order valence-electron chi connectivity index (χ4n) is 0.262. The molecule has 0 saturated carbocycles. The second-order valence-electron chi connectivity index (χ2n) is 1.59. The molecule has 2 nitrogen and oxygen atoms in total. The summed E-state index contributed by atoms with van der Waals surface area (Å²) in [5.74, 6) is -1.93. The Morgan fingerprint density at radius 3 is 2.10 bits per heavy atom. The highest BCUT2D eigenvalue weighted by atomic mass is 79.9. The van der Waals surface area contributed by atoms with E-state index in [4.69, 9.17) is 0 Å². The fourth-order valence-corrected chi connectivity index (χ4v) is 0.470. The molecular formula is C4H5BrF3NO. The molecule has 0 spiro atoms. The molecule has 10 heavy (non-hydrogen) atoms. The van der Waals surface area contributed by atoms with E-state index in [9.17, 15) is 18.0 Å². The Balaban J connectivity index is 3.87. The van der Waals surface area contributed by atoms with Gasteiger partial charge in [-0.25, -0.2) is 0 Å². The third-order valence-electron chi connectivity index (χ3n) is 0.587. The van der Waals surface area contributed by atoms with Gasteiger partial charge in [0.2, 0.25) is 0 Å². The van der Waals surface area contributed by atoms with Crippen LogP contribution in [-0.4, -0.2) is 17.0 Å². The highest BCUT2D eigenvalue weighted by Crippen LogP contribution is 2.14. The van der Waals surface area contributed by atoms with Crippen molar-refractivity contribution in [1.82, 2.24) is 5.32 Å². The summed E-state index contributed by atoms with van der Waals surface area (Å²) >= 11 is 2.74. The van der Waals surface area contributed by atoms with Gasteiger partial charge in [0.15, 0.2) is 0 Å². The number of hydrogen-bond acceptors (Lipinski definition) is 1. The summed E-state index contributed by atoms with van der Waals surface area (Å²) in [6, 6.07) is 0. The van der Waals surface area contributed by atoms with E-state index in [1.54, 1.807) is 5.32 Å². The molecule has 0 aromatic carbocycles. The summed E-state index contributed by atoms with van der Waals surface area (Å²) in [5.41, 5.74) is 0. The lowest BCUT2D eigenvalue weighted by Crippen LogP contribution is -2.39. The van der Waals surface area contributed by atoms with Crippen LogP contribution in [0, 0.1) is 0 Å². The van der Waals surface area contributed by atoms with Crippen molar-refractivity contribution >= 4 is 21.8 Å². The number of nitrogens with one attached hydrogen (secondary N) is 1. The van der Waals surface area contributed by atoms with Crippen LogP contribution in [0.2, 0.25) is 0 Å². The second kappa shape index (κ2) is 3.23. The second-order valence-corrected chi connectivity index (χ2v) is 2.96. The Kier molecular flexibility index (Phi) is 3.14. The van der Waals surface area contributed by atoms with Gasteiger partial charge < -0.3 is 5.32 Å². The van der Waals surface area contributed by atoms with Crippen LogP contribution < -0.4 is 5.32 Å². The Labute approximate surface area is 63.9 Å². The van der Waals surface area contributed by atoms with Crippen molar-refractivity contribution in [2.75, 3.05) is 0 Å². The van der Waals surface area contributed by atoms with E-state index in [0.29, 0.717) is 0 Å². The first-order chi connectivity index (χ1) is 4.34. The van der Waals surface area contributed by atoms with E-state index >= 15 is 0 Å². The quantitative estimate of drug-likeness (QED) is 0.525. The minimum absolute atomic E-state index is 0.665. The molecule has 60 valence electrons. The lowest BCUT2D eigenvalue weighted by Gasteiger charge is -2.08. The van der Waals surface area contributed by atoms with Gasteiger partial charge in [-0.1, -0.05) is 15.9 Å². The van der Waals surface area contributed by atoms with Crippen LogP contribution in [0.25, 0.3) is 0 Å². The van der Waals surface area contributed by atoms with E-state index in [1.165, 1.54) is 6.92 Å². The molecule has 0 radical (unpaired) electrons. The predicted molar refractivity (Wildman–Crippen MR) is 32.6 cm³/mol. The molecule has 0 heterocycles. The van der Waals surface area contributed by atoms with Gasteiger partial charge >= 0.3 is 12.1 Å². The fraction of sp³-hybridized carbons (Fsp3) is 0.750. The molecule has 0 bridgehead atoms. The lowest BCUT2D eigenvalue weighted by molar-refractivity contribution is -0.173. The Hall–Kier alpha value is -0.260.